The Hall–Kier alpha value is -2.77. The maximum Gasteiger partial charge on any atom is 0.251 e. The first-order valence-electron chi connectivity index (χ1n) is 9.91. The number of carbonyl (C=O) groups is 2. The molecule has 0 aromatic heterocycles. The van der Waals surface area contributed by atoms with Crippen LogP contribution in [0.25, 0.3) is 0 Å². The van der Waals surface area contributed by atoms with Gasteiger partial charge in [0.2, 0.25) is 5.91 Å². The van der Waals surface area contributed by atoms with Crippen molar-refractivity contribution in [2.45, 2.75) is 13.5 Å². The molecule has 2 aromatic carbocycles. The first-order chi connectivity index (χ1) is 14.0. The number of rotatable bonds is 7. The average Bonchev–Trinajstić information content (AvgIpc) is 2.74. The van der Waals surface area contributed by atoms with Crippen LogP contribution in [0.4, 0.5) is 10.1 Å². The highest BCUT2D eigenvalue weighted by Gasteiger charge is 2.15. The van der Waals surface area contributed by atoms with E-state index in [0.29, 0.717) is 5.69 Å². The van der Waals surface area contributed by atoms with Crippen LogP contribution in [0.5, 0.6) is 0 Å². The van der Waals surface area contributed by atoms with E-state index < -0.39 is 11.7 Å². The Morgan fingerprint density at radius 1 is 1.00 bits per heavy atom. The minimum atomic E-state index is -0.491. The molecule has 0 spiro atoms. The number of hydrogen-bond donors (Lipinski definition) is 2. The molecule has 1 saturated heterocycles. The Balaban J connectivity index is 1.43. The largest absolute Gasteiger partial charge is 0.343 e. The Kier molecular flexibility index (Phi) is 7.32. The van der Waals surface area contributed by atoms with Gasteiger partial charge in [-0.05, 0) is 42.4 Å². The highest BCUT2D eigenvalue weighted by Crippen LogP contribution is 2.13. The number of piperazine rings is 1. The first kappa shape index (κ1) is 21.0. The summed E-state index contributed by atoms with van der Waals surface area (Å²) in [6, 6.07) is 13.1. The summed E-state index contributed by atoms with van der Waals surface area (Å²) in [5.74, 6) is -1.31. The van der Waals surface area contributed by atoms with Crippen molar-refractivity contribution in [3.8, 4) is 0 Å². The van der Waals surface area contributed by atoms with E-state index in [9.17, 15) is 14.0 Å². The van der Waals surface area contributed by atoms with E-state index in [2.05, 4.69) is 27.4 Å². The zero-order valence-electron chi connectivity index (χ0n) is 16.7. The first-order valence-corrected chi connectivity index (χ1v) is 9.91. The van der Waals surface area contributed by atoms with Crippen LogP contribution in [-0.2, 0) is 11.3 Å². The minimum Gasteiger partial charge on any atom is -0.343 e. The van der Waals surface area contributed by atoms with E-state index in [1.165, 1.54) is 23.8 Å². The number of nitrogens with zero attached hydrogens (tertiary/aromatic N) is 2. The molecule has 0 atom stereocenters. The fourth-order valence-corrected chi connectivity index (χ4v) is 3.31. The monoisotopic (exact) mass is 398 g/mol. The molecule has 1 aliphatic heterocycles. The smallest absolute Gasteiger partial charge is 0.251 e. The lowest BCUT2D eigenvalue weighted by molar-refractivity contribution is -0.115. The van der Waals surface area contributed by atoms with Crippen molar-refractivity contribution < 1.29 is 14.0 Å². The predicted molar refractivity (Wildman–Crippen MR) is 111 cm³/mol. The fourth-order valence-electron chi connectivity index (χ4n) is 3.31. The number of nitrogens with one attached hydrogen (secondary N) is 2. The Morgan fingerprint density at radius 2 is 1.69 bits per heavy atom. The molecule has 29 heavy (non-hydrogen) atoms. The van der Waals surface area contributed by atoms with E-state index in [0.717, 1.165) is 45.3 Å². The minimum absolute atomic E-state index is 0.182. The van der Waals surface area contributed by atoms with Crippen molar-refractivity contribution in [1.82, 2.24) is 15.1 Å². The summed E-state index contributed by atoms with van der Waals surface area (Å²) in [5, 5.41) is 5.25. The second-order valence-electron chi connectivity index (χ2n) is 7.15. The summed E-state index contributed by atoms with van der Waals surface area (Å²) < 4.78 is 13.2. The van der Waals surface area contributed by atoms with Crippen molar-refractivity contribution in [3.05, 3.63) is 65.5 Å². The third kappa shape index (κ3) is 6.37. The van der Waals surface area contributed by atoms with Crippen molar-refractivity contribution in [1.29, 1.82) is 0 Å². The van der Waals surface area contributed by atoms with Gasteiger partial charge < -0.3 is 15.5 Å². The number of carbonyl (C=O) groups excluding carboxylic acids is 2. The van der Waals surface area contributed by atoms with Crippen LogP contribution in [0.2, 0.25) is 0 Å². The molecule has 0 aliphatic carbocycles. The molecule has 3 rings (SSSR count). The molecule has 6 nitrogen and oxygen atoms in total. The second kappa shape index (κ2) is 10.1. The third-order valence-corrected chi connectivity index (χ3v) is 5.05. The van der Waals surface area contributed by atoms with Gasteiger partial charge in [-0.3, -0.25) is 14.5 Å². The van der Waals surface area contributed by atoms with Gasteiger partial charge in [-0.15, -0.1) is 0 Å². The highest BCUT2D eigenvalue weighted by molar-refractivity contribution is 5.99. The lowest BCUT2D eigenvalue weighted by Crippen LogP contribution is -2.45. The van der Waals surface area contributed by atoms with Crippen LogP contribution < -0.4 is 10.6 Å². The van der Waals surface area contributed by atoms with Crippen LogP contribution in [0.15, 0.2) is 48.5 Å². The number of halogens is 1. The number of benzene rings is 2. The van der Waals surface area contributed by atoms with Gasteiger partial charge in [-0.2, -0.15) is 0 Å². The van der Waals surface area contributed by atoms with Crippen molar-refractivity contribution in [2.24, 2.45) is 0 Å². The lowest BCUT2D eigenvalue weighted by atomic mass is 10.1. The lowest BCUT2D eigenvalue weighted by Gasteiger charge is -2.34. The number of anilines is 1. The van der Waals surface area contributed by atoms with E-state index in [1.54, 1.807) is 0 Å². The Labute approximate surface area is 170 Å². The third-order valence-electron chi connectivity index (χ3n) is 5.05. The van der Waals surface area contributed by atoms with Crippen LogP contribution in [0.1, 0.15) is 22.8 Å². The number of likely N-dealkylation sites (N-methyl/N-ethyl adjacent to an activating group) is 1. The SMILES string of the molecule is CCN1CCN(Cc2ccc(NC(=O)CNC(=O)c3cccc(F)c3)cc2)CC1. The molecule has 0 bridgehead atoms. The van der Waals surface area contributed by atoms with Crippen LogP contribution in [0.3, 0.4) is 0 Å². The maximum absolute atomic E-state index is 13.2. The van der Waals surface area contributed by atoms with Gasteiger partial charge >= 0.3 is 0 Å². The van der Waals surface area contributed by atoms with Gasteiger partial charge in [-0.25, -0.2) is 4.39 Å². The fraction of sp³-hybridized carbons (Fsp3) is 0.364. The summed E-state index contributed by atoms with van der Waals surface area (Å²) in [6.07, 6.45) is 0. The quantitative estimate of drug-likeness (QED) is 0.752. The maximum atomic E-state index is 13.2. The number of hydrogen-bond acceptors (Lipinski definition) is 4. The van der Waals surface area contributed by atoms with E-state index >= 15 is 0 Å². The molecular weight excluding hydrogens is 371 g/mol. The molecule has 0 radical (unpaired) electrons. The molecular formula is C22H27FN4O2. The molecule has 1 aliphatic rings. The topological polar surface area (TPSA) is 64.7 Å². The van der Waals surface area contributed by atoms with Gasteiger partial charge in [0.1, 0.15) is 5.82 Å². The van der Waals surface area contributed by atoms with Gasteiger partial charge in [0, 0.05) is 44.0 Å². The highest BCUT2D eigenvalue weighted by atomic mass is 19.1. The van der Waals surface area contributed by atoms with Crippen LogP contribution in [-0.4, -0.2) is 60.9 Å². The molecule has 7 heteroatoms. The standard InChI is InChI=1S/C22H27FN4O2/c1-2-26-10-12-27(13-11-26)16-17-6-8-20(9-7-17)25-21(28)15-24-22(29)18-4-3-5-19(23)14-18/h3-9,14H,2,10-13,15-16H2,1H3,(H,24,29)(H,25,28). The normalized spacial score (nSPS) is 15.1. The van der Waals surface area contributed by atoms with Gasteiger partial charge in [0.05, 0.1) is 6.54 Å². The summed E-state index contributed by atoms with van der Waals surface area (Å²) in [6.45, 7) is 8.35. The molecule has 2 amide bonds. The summed E-state index contributed by atoms with van der Waals surface area (Å²) in [4.78, 5) is 28.9. The Bertz CT molecular complexity index is 833. The summed E-state index contributed by atoms with van der Waals surface area (Å²) in [7, 11) is 0. The summed E-state index contributed by atoms with van der Waals surface area (Å²) >= 11 is 0. The van der Waals surface area contributed by atoms with E-state index in [1.807, 2.05) is 24.3 Å². The van der Waals surface area contributed by atoms with Gasteiger partial charge in [0.25, 0.3) is 5.91 Å². The molecule has 0 unspecified atom stereocenters. The van der Waals surface area contributed by atoms with E-state index in [-0.39, 0.29) is 18.0 Å². The Morgan fingerprint density at radius 3 is 2.34 bits per heavy atom. The molecule has 2 N–H and O–H groups in total. The summed E-state index contributed by atoms with van der Waals surface area (Å²) in [5.41, 5.74) is 2.06. The molecule has 0 saturated carbocycles. The van der Waals surface area contributed by atoms with E-state index in [4.69, 9.17) is 0 Å². The van der Waals surface area contributed by atoms with Crippen LogP contribution >= 0.6 is 0 Å². The molecule has 1 heterocycles. The zero-order chi connectivity index (χ0) is 20.6. The van der Waals surface area contributed by atoms with Gasteiger partial charge in [0.15, 0.2) is 0 Å². The molecule has 154 valence electrons. The van der Waals surface area contributed by atoms with Crippen molar-refractivity contribution in [2.75, 3.05) is 44.6 Å². The van der Waals surface area contributed by atoms with Crippen molar-refractivity contribution >= 4 is 17.5 Å². The number of amides is 2. The predicted octanol–water partition coefficient (Wildman–Crippen LogP) is 2.33. The molecule has 1 fully saturated rings. The van der Waals surface area contributed by atoms with Crippen LogP contribution in [0, 0.1) is 5.82 Å². The average molecular weight is 398 g/mol. The zero-order valence-corrected chi connectivity index (χ0v) is 16.7. The van der Waals surface area contributed by atoms with Crippen molar-refractivity contribution in [3.63, 3.8) is 0 Å². The molecule has 2 aromatic rings. The second-order valence-corrected chi connectivity index (χ2v) is 7.15. The van der Waals surface area contributed by atoms with Gasteiger partial charge in [-0.1, -0.05) is 25.1 Å².